The number of aliphatic hydroxyl groups excluding tert-OH is 3. The highest BCUT2D eigenvalue weighted by Crippen LogP contribution is 2.67. The Balaban J connectivity index is 1.30. The van der Waals surface area contributed by atoms with Crippen LogP contribution >= 0.6 is 0 Å². The zero-order valence-corrected chi connectivity index (χ0v) is 21.3. The van der Waals surface area contributed by atoms with Crippen molar-refractivity contribution in [1.29, 1.82) is 0 Å². The molecule has 0 unspecified atom stereocenters. The van der Waals surface area contributed by atoms with Gasteiger partial charge in [-0.05, 0) is 74.2 Å². The van der Waals surface area contributed by atoms with Gasteiger partial charge < -0.3 is 35.0 Å². The minimum Gasteiger partial charge on any atom is -0.479 e. The van der Waals surface area contributed by atoms with Crippen LogP contribution in [0.4, 0.5) is 0 Å². The fourth-order valence-corrected chi connectivity index (χ4v) is 8.50. The molecule has 0 aromatic rings. The average Bonchev–Trinajstić information content (AvgIpc) is 3.14. The lowest BCUT2D eigenvalue weighted by Crippen LogP contribution is -2.61. The standard InChI is InChI=1S/C27H38O10/c1-25-8-5-14(28)11-13(25)3-4-15-16(25)6-9-26(2)17(15)7-10-27(26,35)18(29)12-36-24-21(32)19(30)20(31)22(37-24)23(33)34/h11,15-17,19-22,24,30-32,35H,3-10,12H2,1-2H3,(H,33,34)/t15-,16+,17+,19-,20-,21+,22-,24+,25+,26-,27+/m1/s1. The first-order chi connectivity index (χ1) is 17.3. The maximum absolute atomic E-state index is 13.4. The third kappa shape index (κ3) is 3.94. The number of Topliss-reactive ketones (excluding diaryl/α,β-unsaturated/α-hetero) is 1. The SMILES string of the molecule is C[C@]12CCC(=O)C=C1CC[C@@H]1[C@@H]2CC[C@]2(C)[C@H]1CC[C@]2(O)C(=O)CO[C@H]1O[C@@H](C(=O)O)[C@H](O)[C@@H](O)[C@@H]1O. The summed E-state index contributed by atoms with van der Waals surface area (Å²) in [4.78, 5) is 36.8. The molecule has 0 amide bonds. The minimum atomic E-state index is -1.85. The normalized spacial score (nSPS) is 49.5. The Labute approximate surface area is 215 Å². The molecule has 5 N–H and O–H groups in total. The molecule has 11 atom stereocenters. The molecule has 10 heteroatoms. The summed E-state index contributed by atoms with van der Waals surface area (Å²) in [6.45, 7) is 3.62. The molecular formula is C27H38O10. The van der Waals surface area contributed by atoms with Crippen molar-refractivity contribution in [2.24, 2.45) is 28.6 Å². The number of aliphatic hydroxyl groups is 4. The number of carboxylic acids is 1. The van der Waals surface area contributed by atoms with Gasteiger partial charge in [0.15, 0.2) is 24.0 Å². The van der Waals surface area contributed by atoms with Gasteiger partial charge in [0.1, 0.15) is 30.5 Å². The highest BCUT2D eigenvalue weighted by Gasteiger charge is 2.66. The molecule has 4 aliphatic carbocycles. The summed E-state index contributed by atoms with van der Waals surface area (Å²) in [7, 11) is 0. The van der Waals surface area contributed by atoms with E-state index in [0.29, 0.717) is 31.1 Å². The van der Waals surface area contributed by atoms with E-state index in [1.54, 1.807) is 0 Å². The van der Waals surface area contributed by atoms with Gasteiger partial charge >= 0.3 is 5.97 Å². The van der Waals surface area contributed by atoms with Crippen LogP contribution in [-0.4, -0.2) is 86.0 Å². The van der Waals surface area contributed by atoms with Crippen LogP contribution in [-0.2, 0) is 23.9 Å². The smallest absolute Gasteiger partial charge is 0.335 e. The van der Waals surface area contributed by atoms with Crippen molar-refractivity contribution < 1.29 is 49.4 Å². The second kappa shape index (κ2) is 9.20. The first-order valence-electron chi connectivity index (χ1n) is 13.4. The number of aliphatic carboxylic acids is 1. The van der Waals surface area contributed by atoms with Crippen molar-refractivity contribution in [2.45, 2.75) is 102 Å². The molecule has 0 radical (unpaired) electrons. The van der Waals surface area contributed by atoms with Crippen LogP contribution in [0, 0.1) is 28.6 Å². The Bertz CT molecular complexity index is 1010. The molecule has 37 heavy (non-hydrogen) atoms. The van der Waals surface area contributed by atoms with Gasteiger partial charge in [0.05, 0.1) is 0 Å². The fraction of sp³-hybridized carbons (Fsp3) is 0.815. The lowest BCUT2D eigenvalue weighted by molar-refractivity contribution is -0.293. The van der Waals surface area contributed by atoms with Gasteiger partial charge in [0, 0.05) is 11.8 Å². The molecule has 5 rings (SSSR count). The van der Waals surface area contributed by atoms with Crippen molar-refractivity contribution in [3.8, 4) is 0 Å². The molecule has 0 spiro atoms. The maximum atomic E-state index is 13.4. The van der Waals surface area contributed by atoms with Crippen molar-refractivity contribution in [1.82, 2.24) is 0 Å². The summed E-state index contributed by atoms with van der Waals surface area (Å²) in [5.41, 5.74) is -1.08. The molecule has 1 aliphatic heterocycles. The number of rotatable bonds is 5. The van der Waals surface area contributed by atoms with Gasteiger partial charge in [0.25, 0.3) is 0 Å². The Hall–Kier alpha value is -1.69. The maximum Gasteiger partial charge on any atom is 0.335 e. The first-order valence-corrected chi connectivity index (χ1v) is 13.4. The summed E-state index contributed by atoms with van der Waals surface area (Å²) in [5.74, 6) is -1.02. The Morgan fingerprint density at radius 2 is 1.70 bits per heavy atom. The lowest BCUT2D eigenvalue weighted by atomic mass is 9.46. The van der Waals surface area contributed by atoms with Gasteiger partial charge in [-0.1, -0.05) is 19.4 Å². The van der Waals surface area contributed by atoms with E-state index in [0.717, 1.165) is 25.7 Å². The van der Waals surface area contributed by atoms with Crippen LogP contribution in [0.15, 0.2) is 11.6 Å². The van der Waals surface area contributed by atoms with Crippen LogP contribution in [0.25, 0.3) is 0 Å². The summed E-state index contributed by atoms with van der Waals surface area (Å²) < 4.78 is 10.5. The molecule has 0 bridgehead atoms. The highest BCUT2D eigenvalue weighted by atomic mass is 16.7. The van der Waals surface area contributed by atoms with Crippen LogP contribution in [0.2, 0.25) is 0 Å². The number of fused-ring (bicyclic) bond motifs is 5. The van der Waals surface area contributed by atoms with E-state index in [-0.39, 0.29) is 23.5 Å². The first kappa shape index (κ1) is 26.9. The van der Waals surface area contributed by atoms with E-state index in [1.165, 1.54) is 5.57 Å². The molecule has 1 heterocycles. The molecule has 206 valence electrons. The number of carboxylic acid groups (broad SMARTS) is 1. The number of allylic oxidation sites excluding steroid dienone is 1. The van der Waals surface area contributed by atoms with E-state index in [9.17, 15) is 39.9 Å². The van der Waals surface area contributed by atoms with Crippen molar-refractivity contribution in [2.75, 3.05) is 6.61 Å². The monoisotopic (exact) mass is 522 g/mol. The zero-order valence-electron chi connectivity index (χ0n) is 21.3. The number of carbonyl (C=O) groups excluding carboxylic acids is 2. The topological polar surface area (TPSA) is 171 Å². The van der Waals surface area contributed by atoms with E-state index in [2.05, 4.69) is 6.92 Å². The number of ether oxygens (including phenoxy) is 2. The Morgan fingerprint density at radius 3 is 2.41 bits per heavy atom. The second-order valence-corrected chi connectivity index (χ2v) is 12.3. The number of ketones is 2. The van der Waals surface area contributed by atoms with E-state index in [1.807, 2.05) is 13.0 Å². The lowest BCUT2D eigenvalue weighted by Gasteiger charge is -2.58. The fourth-order valence-electron chi connectivity index (χ4n) is 8.50. The number of hydrogen-bond donors (Lipinski definition) is 5. The second-order valence-electron chi connectivity index (χ2n) is 12.3. The third-order valence-corrected chi connectivity index (χ3v) is 10.8. The average molecular weight is 523 g/mol. The van der Waals surface area contributed by atoms with Gasteiger partial charge in [0.2, 0.25) is 0 Å². The van der Waals surface area contributed by atoms with E-state index < -0.39 is 60.1 Å². The largest absolute Gasteiger partial charge is 0.479 e. The van der Waals surface area contributed by atoms with Crippen LogP contribution in [0.3, 0.4) is 0 Å². The minimum absolute atomic E-state index is 0.0213. The van der Waals surface area contributed by atoms with Gasteiger partial charge in [-0.3, -0.25) is 9.59 Å². The van der Waals surface area contributed by atoms with Crippen LogP contribution in [0.1, 0.15) is 65.2 Å². The molecule has 0 aromatic heterocycles. The predicted molar refractivity (Wildman–Crippen MR) is 127 cm³/mol. The molecule has 10 nitrogen and oxygen atoms in total. The van der Waals surface area contributed by atoms with Crippen molar-refractivity contribution in [3.05, 3.63) is 11.6 Å². The van der Waals surface area contributed by atoms with E-state index in [4.69, 9.17) is 9.47 Å². The molecule has 4 fully saturated rings. The third-order valence-electron chi connectivity index (χ3n) is 10.8. The van der Waals surface area contributed by atoms with Gasteiger partial charge in [-0.25, -0.2) is 4.79 Å². The Kier molecular flexibility index (Phi) is 6.69. The van der Waals surface area contributed by atoms with Crippen molar-refractivity contribution >= 4 is 17.5 Å². The Morgan fingerprint density at radius 1 is 1.00 bits per heavy atom. The number of carbonyl (C=O) groups is 3. The molecule has 0 aromatic carbocycles. The molecule has 5 aliphatic rings. The van der Waals surface area contributed by atoms with Gasteiger partial charge in [-0.15, -0.1) is 0 Å². The quantitative estimate of drug-likeness (QED) is 0.347. The predicted octanol–water partition coefficient (Wildman–Crippen LogP) is 0.727. The zero-order chi connectivity index (χ0) is 26.9. The number of hydrogen-bond acceptors (Lipinski definition) is 9. The highest BCUT2D eigenvalue weighted by molar-refractivity contribution is 5.92. The van der Waals surface area contributed by atoms with Crippen molar-refractivity contribution in [3.63, 3.8) is 0 Å². The summed E-state index contributed by atoms with van der Waals surface area (Å²) in [6, 6.07) is 0. The summed E-state index contributed by atoms with van der Waals surface area (Å²) in [6.07, 6.45) is -1.37. The van der Waals surface area contributed by atoms with E-state index >= 15 is 0 Å². The van der Waals surface area contributed by atoms with Gasteiger partial charge in [-0.2, -0.15) is 0 Å². The van der Waals surface area contributed by atoms with Crippen LogP contribution in [0.5, 0.6) is 0 Å². The summed E-state index contributed by atoms with van der Waals surface area (Å²) >= 11 is 0. The molecule has 3 saturated carbocycles. The van der Waals surface area contributed by atoms with Crippen LogP contribution < -0.4 is 0 Å². The molecular weight excluding hydrogens is 484 g/mol. The molecule has 1 saturated heterocycles. The summed E-state index contributed by atoms with van der Waals surface area (Å²) in [5, 5.41) is 51.1.